The lowest BCUT2D eigenvalue weighted by atomic mass is 9.95. The number of rotatable bonds is 5. The summed E-state index contributed by atoms with van der Waals surface area (Å²) in [5.41, 5.74) is 0.353. The van der Waals surface area contributed by atoms with Gasteiger partial charge < -0.3 is 10.2 Å². The number of alkyl halides is 3. The lowest BCUT2D eigenvalue weighted by Crippen LogP contribution is -2.29. The standard InChI is InChI=1S/C16H25F3N2/c1-6-20-10-12-7-8-13(9-14(12)16(17,18)19)21(5)11-15(2,3)4/h7-9,20H,6,10-11H2,1-5H3. The molecule has 0 spiro atoms. The molecule has 21 heavy (non-hydrogen) atoms. The number of anilines is 1. The molecule has 0 heterocycles. The van der Waals surface area contributed by atoms with E-state index >= 15 is 0 Å². The van der Waals surface area contributed by atoms with E-state index in [0.29, 0.717) is 18.8 Å². The normalized spacial score (nSPS) is 12.6. The molecule has 0 fully saturated rings. The second-order valence-corrected chi connectivity index (χ2v) is 6.54. The largest absolute Gasteiger partial charge is 0.416 e. The van der Waals surface area contributed by atoms with Gasteiger partial charge in [-0.3, -0.25) is 0 Å². The second-order valence-electron chi connectivity index (χ2n) is 6.54. The van der Waals surface area contributed by atoms with E-state index in [1.54, 1.807) is 12.1 Å². The first kappa shape index (κ1) is 17.8. The summed E-state index contributed by atoms with van der Waals surface area (Å²) in [5, 5.41) is 2.95. The van der Waals surface area contributed by atoms with Gasteiger partial charge in [-0.15, -0.1) is 0 Å². The van der Waals surface area contributed by atoms with Crippen molar-refractivity contribution in [2.75, 3.05) is 25.0 Å². The predicted octanol–water partition coefficient (Wildman–Crippen LogP) is 4.30. The van der Waals surface area contributed by atoms with E-state index in [4.69, 9.17) is 0 Å². The zero-order valence-corrected chi connectivity index (χ0v) is 13.4. The van der Waals surface area contributed by atoms with E-state index in [0.717, 1.165) is 0 Å². The third-order valence-corrected chi connectivity index (χ3v) is 3.12. The summed E-state index contributed by atoms with van der Waals surface area (Å²) in [5.74, 6) is 0. The molecule has 0 saturated carbocycles. The zero-order valence-electron chi connectivity index (χ0n) is 13.4. The summed E-state index contributed by atoms with van der Waals surface area (Å²) in [6.07, 6.45) is -4.33. The molecule has 2 nitrogen and oxygen atoms in total. The highest BCUT2D eigenvalue weighted by molar-refractivity contribution is 5.51. The van der Waals surface area contributed by atoms with Crippen molar-refractivity contribution in [1.29, 1.82) is 0 Å². The second kappa shape index (κ2) is 6.69. The maximum atomic E-state index is 13.2. The van der Waals surface area contributed by atoms with Gasteiger partial charge in [0.2, 0.25) is 0 Å². The Balaban J connectivity index is 3.09. The maximum Gasteiger partial charge on any atom is 0.416 e. The molecular formula is C16H25F3N2. The number of hydrogen-bond donors (Lipinski definition) is 1. The summed E-state index contributed by atoms with van der Waals surface area (Å²) in [6.45, 7) is 9.63. The molecule has 120 valence electrons. The topological polar surface area (TPSA) is 15.3 Å². The molecule has 0 aliphatic heterocycles. The lowest BCUT2D eigenvalue weighted by Gasteiger charge is -2.29. The average Bonchev–Trinajstić information content (AvgIpc) is 2.33. The average molecular weight is 302 g/mol. The van der Waals surface area contributed by atoms with Crippen LogP contribution in [0.2, 0.25) is 0 Å². The first-order chi connectivity index (χ1) is 9.54. The summed E-state index contributed by atoms with van der Waals surface area (Å²) >= 11 is 0. The third-order valence-electron chi connectivity index (χ3n) is 3.12. The van der Waals surface area contributed by atoms with E-state index in [1.165, 1.54) is 6.07 Å². The predicted molar refractivity (Wildman–Crippen MR) is 81.5 cm³/mol. The molecule has 0 atom stereocenters. The van der Waals surface area contributed by atoms with Crippen LogP contribution in [0.1, 0.15) is 38.8 Å². The summed E-state index contributed by atoms with van der Waals surface area (Å²) < 4.78 is 39.6. The lowest BCUT2D eigenvalue weighted by molar-refractivity contribution is -0.138. The van der Waals surface area contributed by atoms with E-state index < -0.39 is 11.7 Å². The molecule has 1 rings (SSSR count). The van der Waals surface area contributed by atoms with Crippen LogP contribution in [0.4, 0.5) is 18.9 Å². The van der Waals surface area contributed by atoms with Gasteiger partial charge in [-0.05, 0) is 29.7 Å². The molecule has 0 unspecified atom stereocenters. The Morgan fingerprint density at radius 3 is 2.24 bits per heavy atom. The van der Waals surface area contributed by atoms with Crippen molar-refractivity contribution in [1.82, 2.24) is 5.32 Å². The van der Waals surface area contributed by atoms with Gasteiger partial charge in [-0.25, -0.2) is 0 Å². The highest BCUT2D eigenvalue weighted by atomic mass is 19.4. The van der Waals surface area contributed by atoms with Crippen molar-refractivity contribution in [2.45, 2.75) is 40.4 Å². The maximum absolute atomic E-state index is 13.2. The Bertz CT molecular complexity index is 462. The van der Waals surface area contributed by atoms with Gasteiger partial charge in [-0.1, -0.05) is 33.8 Å². The number of nitrogens with one attached hydrogen (secondary N) is 1. The Hall–Kier alpha value is -1.23. The molecular weight excluding hydrogens is 277 g/mol. The molecule has 0 aromatic heterocycles. The molecule has 0 bridgehead atoms. The summed E-state index contributed by atoms with van der Waals surface area (Å²) in [4.78, 5) is 1.87. The SMILES string of the molecule is CCNCc1ccc(N(C)CC(C)(C)C)cc1C(F)(F)F. The van der Waals surface area contributed by atoms with Crippen molar-refractivity contribution >= 4 is 5.69 Å². The smallest absolute Gasteiger partial charge is 0.374 e. The minimum atomic E-state index is -4.33. The van der Waals surface area contributed by atoms with Crippen molar-refractivity contribution in [3.8, 4) is 0 Å². The Kier molecular flexibility index (Phi) is 5.68. The zero-order chi connectivity index (χ0) is 16.3. The molecule has 1 N–H and O–H groups in total. The van der Waals surface area contributed by atoms with Crippen molar-refractivity contribution in [3.05, 3.63) is 29.3 Å². The van der Waals surface area contributed by atoms with Crippen LogP contribution in [0.5, 0.6) is 0 Å². The molecule has 0 saturated heterocycles. The third kappa shape index (κ3) is 5.58. The molecule has 1 aromatic carbocycles. The number of nitrogens with zero attached hydrogens (tertiary/aromatic N) is 1. The van der Waals surface area contributed by atoms with Crippen LogP contribution in [-0.2, 0) is 12.7 Å². The fourth-order valence-electron chi connectivity index (χ4n) is 2.28. The quantitative estimate of drug-likeness (QED) is 0.872. The van der Waals surface area contributed by atoms with Crippen LogP contribution in [0.3, 0.4) is 0 Å². The van der Waals surface area contributed by atoms with Gasteiger partial charge in [0.15, 0.2) is 0 Å². The molecule has 0 amide bonds. The van der Waals surface area contributed by atoms with Crippen LogP contribution in [0, 0.1) is 5.41 Å². The Morgan fingerprint density at radius 2 is 1.76 bits per heavy atom. The van der Waals surface area contributed by atoms with E-state index in [2.05, 4.69) is 26.1 Å². The van der Waals surface area contributed by atoms with Gasteiger partial charge in [0.1, 0.15) is 0 Å². The summed E-state index contributed by atoms with van der Waals surface area (Å²) in [6, 6.07) is 4.58. The van der Waals surface area contributed by atoms with E-state index in [1.807, 2.05) is 18.9 Å². The van der Waals surface area contributed by atoms with Gasteiger partial charge in [0, 0.05) is 25.8 Å². The minimum Gasteiger partial charge on any atom is -0.374 e. The van der Waals surface area contributed by atoms with Crippen LogP contribution in [0.15, 0.2) is 18.2 Å². The number of benzene rings is 1. The molecule has 0 radical (unpaired) electrons. The van der Waals surface area contributed by atoms with E-state index in [-0.39, 0.29) is 17.5 Å². The molecule has 5 heteroatoms. The Labute approximate surface area is 125 Å². The van der Waals surface area contributed by atoms with Gasteiger partial charge in [-0.2, -0.15) is 13.2 Å². The minimum absolute atomic E-state index is 0.0234. The van der Waals surface area contributed by atoms with E-state index in [9.17, 15) is 13.2 Å². The van der Waals surface area contributed by atoms with Crippen molar-refractivity contribution in [2.24, 2.45) is 5.41 Å². The fraction of sp³-hybridized carbons (Fsp3) is 0.625. The number of halogens is 3. The van der Waals surface area contributed by atoms with Crippen molar-refractivity contribution < 1.29 is 13.2 Å². The van der Waals surface area contributed by atoms with Gasteiger partial charge >= 0.3 is 6.18 Å². The molecule has 0 aliphatic carbocycles. The van der Waals surface area contributed by atoms with Crippen LogP contribution in [-0.4, -0.2) is 20.1 Å². The van der Waals surface area contributed by atoms with Crippen LogP contribution < -0.4 is 10.2 Å². The fourth-order valence-corrected chi connectivity index (χ4v) is 2.28. The van der Waals surface area contributed by atoms with Crippen molar-refractivity contribution in [3.63, 3.8) is 0 Å². The molecule has 0 aliphatic rings. The monoisotopic (exact) mass is 302 g/mol. The Morgan fingerprint density at radius 1 is 1.14 bits per heavy atom. The first-order valence-electron chi connectivity index (χ1n) is 7.16. The van der Waals surface area contributed by atoms with Crippen LogP contribution >= 0.6 is 0 Å². The highest BCUT2D eigenvalue weighted by Crippen LogP contribution is 2.35. The summed E-state index contributed by atoms with van der Waals surface area (Å²) in [7, 11) is 1.82. The number of hydrogen-bond acceptors (Lipinski definition) is 2. The highest BCUT2D eigenvalue weighted by Gasteiger charge is 2.33. The first-order valence-corrected chi connectivity index (χ1v) is 7.16. The van der Waals surface area contributed by atoms with Crippen LogP contribution in [0.25, 0.3) is 0 Å². The van der Waals surface area contributed by atoms with Gasteiger partial charge in [0.05, 0.1) is 5.56 Å². The van der Waals surface area contributed by atoms with Gasteiger partial charge in [0.25, 0.3) is 0 Å². The molecule has 1 aromatic rings.